The second kappa shape index (κ2) is 6.38. The molecule has 0 saturated heterocycles. The van der Waals surface area contributed by atoms with Gasteiger partial charge in [-0.15, -0.1) is 0 Å². The highest BCUT2D eigenvalue weighted by molar-refractivity contribution is 5.95. The maximum absolute atomic E-state index is 13.8. The number of aromatic nitrogens is 2. The van der Waals surface area contributed by atoms with Gasteiger partial charge in [-0.1, -0.05) is 0 Å². The van der Waals surface area contributed by atoms with Crippen LogP contribution in [-0.4, -0.2) is 33.7 Å². The van der Waals surface area contributed by atoms with E-state index in [-0.39, 0.29) is 18.5 Å². The van der Waals surface area contributed by atoms with Gasteiger partial charge in [0.25, 0.3) is 5.91 Å². The van der Waals surface area contributed by atoms with E-state index in [0.717, 1.165) is 17.3 Å². The Morgan fingerprint density at radius 1 is 1.32 bits per heavy atom. The Labute approximate surface area is 126 Å². The number of halogens is 1. The van der Waals surface area contributed by atoms with Crippen LogP contribution in [-0.2, 0) is 4.79 Å². The number of carbonyl (C=O) groups excluding carboxylic acids is 1. The van der Waals surface area contributed by atoms with Gasteiger partial charge in [-0.25, -0.2) is 4.39 Å². The highest BCUT2D eigenvalue weighted by Crippen LogP contribution is 2.27. The number of carboxylic acid groups (broad SMARTS) is 1. The van der Waals surface area contributed by atoms with E-state index in [1.165, 1.54) is 6.07 Å². The van der Waals surface area contributed by atoms with Crippen molar-refractivity contribution >= 4 is 11.9 Å². The zero-order valence-electron chi connectivity index (χ0n) is 12.2. The summed E-state index contributed by atoms with van der Waals surface area (Å²) in [6.45, 7) is 3.59. The van der Waals surface area contributed by atoms with Crippen molar-refractivity contribution in [3.8, 4) is 11.1 Å². The first-order valence-corrected chi connectivity index (χ1v) is 6.71. The number of carbonyl (C=O) groups is 2. The number of amides is 1. The van der Waals surface area contributed by atoms with E-state index in [1.54, 1.807) is 13.0 Å². The lowest BCUT2D eigenvalue weighted by molar-refractivity contribution is -0.136. The van der Waals surface area contributed by atoms with Gasteiger partial charge in [0.15, 0.2) is 0 Å². The fourth-order valence-electron chi connectivity index (χ4n) is 2.23. The summed E-state index contributed by atoms with van der Waals surface area (Å²) in [5.41, 5.74) is 2.92. The number of carboxylic acids is 1. The number of nitrogens with one attached hydrogen (secondary N) is 2. The lowest BCUT2D eigenvalue weighted by atomic mass is 10.0. The Hall–Kier alpha value is -2.70. The van der Waals surface area contributed by atoms with Gasteiger partial charge < -0.3 is 10.4 Å². The normalized spacial score (nSPS) is 10.5. The number of aliphatic carboxylic acids is 1. The van der Waals surface area contributed by atoms with Crippen LogP contribution in [0, 0.1) is 19.7 Å². The van der Waals surface area contributed by atoms with Crippen molar-refractivity contribution in [2.45, 2.75) is 20.3 Å². The SMILES string of the molecule is Cc1n[nH]c(C)c1-c1cc(F)cc(C(=O)NCCC(=O)O)c1. The van der Waals surface area contributed by atoms with E-state index in [9.17, 15) is 14.0 Å². The second-order valence-corrected chi connectivity index (χ2v) is 4.94. The predicted molar refractivity (Wildman–Crippen MR) is 78.0 cm³/mol. The average molecular weight is 305 g/mol. The Morgan fingerprint density at radius 3 is 2.64 bits per heavy atom. The molecule has 3 N–H and O–H groups in total. The number of aromatic amines is 1. The van der Waals surface area contributed by atoms with Crippen LogP contribution in [0.4, 0.5) is 4.39 Å². The lowest BCUT2D eigenvalue weighted by Crippen LogP contribution is -2.26. The molecule has 0 atom stereocenters. The topological polar surface area (TPSA) is 95.1 Å². The maximum Gasteiger partial charge on any atom is 0.305 e. The minimum Gasteiger partial charge on any atom is -0.481 e. The molecule has 0 fully saturated rings. The molecule has 2 aromatic rings. The third-order valence-corrected chi connectivity index (χ3v) is 3.20. The fourth-order valence-corrected chi connectivity index (χ4v) is 2.23. The summed E-state index contributed by atoms with van der Waals surface area (Å²) in [4.78, 5) is 22.4. The molecule has 0 aliphatic carbocycles. The van der Waals surface area contributed by atoms with Crippen LogP contribution in [0.5, 0.6) is 0 Å². The number of hydrogen-bond donors (Lipinski definition) is 3. The van der Waals surface area contributed by atoms with E-state index in [1.807, 2.05) is 6.92 Å². The molecular formula is C15H16FN3O3. The first kappa shape index (κ1) is 15.7. The van der Waals surface area contributed by atoms with Gasteiger partial charge in [0.2, 0.25) is 0 Å². The van der Waals surface area contributed by atoms with Gasteiger partial charge in [0.1, 0.15) is 5.82 Å². The van der Waals surface area contributed by atoms with Gasteiger partial charge >= 0.3 is 5.97 Å². The third-order valence-electron chi connectivity index (χ3n) is 3.20. The van der Waals surface area contributed by atoms with Crippen molar-refractivity contribution in [1.29, 1.82) is 0 Å². The molecule has 116 valence electrons. The molecule has 0 aliphatic heterocycles. The summed E-state index contributed by atoms with van der Waals surface area (Å²) in [6.07, 6.45) is -0.187. The molecule has 0 radical (unpaired) electrons. The summed E-state index contributed by atoms with van der Waals surface area (Å²) >= 11 is 0. The van der Waals surface area contributed by atoms with Crippen LogP contribution in [0.1, 0.15) is 28.2 Å². The Balaban J connectivity index is 2.27. The highest BCUT2D eigenvalue weighted by Gasteiger charge is 2.14. The van der Waals surface area contributed by atoms with Gasteiger partial charge in [-0.2, -0.15) is 5.10 Å². The molecule has 6 nitrogen and oxygen atoms in total. The number of H-pyrrole nitrogens is 1. The average Bonchev–Trinajstić information content (AvgIpc) is 2.77. The molecule has 1 amide bonds. The van der Waals surface area contributed by atoms with Crippen LogP contribution in [0.25, 0.3) is 11.1 Å². The summed E-state index contributed by atoms with van der Waals surface area (Å²) in [7, 11) is 0. The van der Waals surface area contributed by atoms with E-state index in [2.05, 4.69) is 15.5 Å². The number of nitrogens with zero attached hydrogens (tertiary/aromatic N) is 1. The van der Waals surface area contributed by atoms with E-state index in [4.69, 9.17) is 5.11 Å². The zero-order valence-corrected chi connectivity index (χ0v) is 12.2. The van der Waals surface area contributed by atoms with Crippen molar-refractivity contribution in [1.82, 2.24) is 15.5 Å². The molecule has 0 saturated carbocycles. The molecule has 0 unspecified atom stereocenters. The highest BCUT2D eigenvalue weighted by atomic mass is 19.1. The monoisotopic (exact) mass is 305 g/mol. The van der Waals surface area contributed by atoms with E-state index >= 15 is 0 Å². The zero-order chi connectivity index (χ0) is 16.3. The number of rotatable bonds is 5. The molecule has 1 aromatic carbocycles. The van der Waals surface area contributed by atoms with Crippen molar-refractivity contribution in [3.63, 3.8) is 0 Å². The van der Waals surface area contributed by atoms with E-state index in [0.29, 0.717) is 11.3 Å². The first-order valence-electron chi connectivity index (χ1n) is 6.71. The number of hydrogen-bond acceptors (Lipinski definition) is 3. The minimum atomic E-state index is -1.01. The molecule has 1 aromatic heterocycles. The molecule has 1 heterocycles. The number of benzene rings is 1. The lowest BCUT2D eigenvalue weighted by Gasteiger charge is -2.07. The molecular weight excluding hydrogens is 289 g/mol. The minimum absolute atomic E-state index is 0.0101. The third kappa shape index (κ3) is 3.49. The maximum atomic E-state index is 13.8. The predicted octanol–water partition coefficient (Wildman–Crippen LogP) is 2.04. The van der Waals surface area contributed by atoms with Gasteiger partial charge in [0, 0.05) is 23.4 Å². The Morgan fingerprint density at radius 2 is 2.05 bits per heavy atom. The summed E-state index contributed by atoms with van der Waals surface area (Å²) in [5, 5.41) is 17.9. The summed E-state index contributed by atoms with van der Waals surface area (Å²) in [6, 6.07) is 4.01. The molecule has 0 spiro atoms. The molecule has 0 aliphatic rings. The van der Waals surface area contributed by atoms with E-state index < -0.39 is 17.7 Å². The van der Waals surface area contributed by atoms with Gasteiger partial charge in [0.05, 0.1) is 12.1 Å². The van der Waals surface area contributed by atoms with Crippen LogP contribution >= 0.6 is 0 Å². The summed E-state index contributed by atoms with van der Waals surface area (Å²) in [5.74, 6) is -2.06. The smallest absolute Gasteiger partial charge is 0.305 e. The van der Waals surface area contributed by atoms with Crippen LogP contribution < -0.4 is 5.32 Å². The quantitative estimate of drug-likeness (QED) is 0.787. The van der Waals surface area contributed by atoms with Gasteiger partial charge in [-0.3, -0.25) is 14.7 Å². The van der Waals surface area contributed by atoms with Crippen LogP contribution in [0.2, 0.25) is 0 Å². The van der Waals surface area contributed by atoms with Gasteiger partial charge in [-0.05, 0) is 37.6 Å². The Kier molecular flexibility index (Phi) is 4.55. The largest absolute Gasteiger partial charge is 0.481 e. The number of aryl methyl sites for hydroxylation is 2. The fraction of sp³-hybridized carbons (Fsp3) is 0.267. The standard InChI is InChI=1S/C15H16FN3O3/c1-8-14(9(2)19-18-8)10-5-11(7-12(16)6-10)15(22)17-4-3-13(20)21/h5-7H,3-4H2,1-2H3,(H,17,22)(H,18,19)(H,20,21). The van der Waals surface area contributed by atoms with Crippen LogP contribution in [0.3, 0.4) is 0 Å². The molecule has 7 heteroatoms. The first-order chi connectivity index (χ1) is 10.4. The molecule has 2 rings (SSSR count). The Bertz CT molecular complexity index is 705. The molecule has 22 heavy (non-hydrogen) atoms. The van der Waals surface area contributed by atoms with Crippen molar-refractivity contribution in [2.24, 2.45) is 0 Å². The summed E-state index contributed by atoms with van der Waals surface area (Å²) < 4.78 is 13.8. The van der Waals surface area contributed by atoms with Crippen molar-refractivity contribution < 1.29 is 19.1 Å². The second-order valence-electron chi connectivity index (χ2n) is 4.94. The van der Waals surface area contributed by atoms with Crippen molar-refractivity contribution in [2.75, 3.05) is 6.54 Å². The van der Waals surface area contributed by atoms with Crippen LogP contribution in [0.15, 0.2) is 18.2 Å². The van der Waals surface area contributed by atoms with Crippen molar-refractivity contribution in [3.05, 3.63) is 41.0 Å². The molecule has 0 bridgehead atoms.